The summed E-state index contributed by atoms with van der Waals surface area (Å²) < 4.78 is 5.92. The number of aliphatic hydroxyl groups is 1. The molecule has 4 N–H and O–H groups in total. The summed E-state index contributed by atoms with van der Waals surface area (Å²) >= 11 is 0. The van der Waals surface area contributed by atoms with Gasteiger partial charge in [0.1, 0.15) is 11.8 Å². The van der Waals surface area contributed by atoms with Crippen molar-refractivity contribution in [1.82, 2.24) is 20.1 Å². The highest BCUT2D eigenvalue weighted by molar-refractivity contribution is 6.24. The standard InChI is InChI=1S/C42H42N6O7/c49-24-33-29-16-19-47(23-25-14-17-43-18-15-25)39(29)31-22-27(10-11-32(31)45-33)26-5-3-6-28(21-26)44-36(50)9-1-2-20-55-35-8-4-7-30-38(35)42(54)48(41(30)53)34-12-13-37(51)46-40(34)52/h3-8,10-11,14-15,17-18,21-22,29,33-34,39,45,49H,1-2,9,12-13,16,19-20,23-24H2,(H,44,50)(H,46,51,52)/t29-,33-,34?,39-/m1/s1. The summed E-state index contributed by atoms with van der Waals surface area (Å²) in [6, 6.07) is 22.1. The first-order valence-corrected chi connectivity index (χ1v) is 18.8. The summed E-state index contributed by atoms with van der Waals surface area (Å²) in [5.41, 5.74) is 6.41. The Hall–Kier alpha value is -5.92. The predicted molar refractivity (Wildman–Crippen MR) is 203 cm³/mol. The van der Waals surface area contributed by atoms with E-state index in [0.717, 1.165) is 41.2 Å². The molecule has 0 spiro atoms. The van der Waals surface area contributed by atoms with Gasteiger partial charge < -0.3 is 20.5 Å². The molecule has 0 radical (unpaired) electrons. The first-order valence-electron chi connectivity index (χ1n) is 18.8. The first kappa shape index (κ1) is 36.1. The Balaban J connectivity index is 0.871. The van der Waals surface area contributed by atoms with E-state index in [1.807, 2.05) is 48.8 Å². The van der Waals surface area contributed by atoms with E-state index in [1.54, 1.807) is 12.1 Å². The number of amides is 5. The third-order valence-electron chi connectivity index (χ3n) is 11.1. The second kappa shape index (κ2) is 15.4. The van der Waals surface area contributed by atoms with Crippen molar-refractivity contribution in [3.8, 4) is 16.9 Å². The fourth-order valence-corrected chi connectivity index (χ4v) is 8.41. The topological polar surface area (TPSA) is 170 Å². The Morgan fingerprint density at radius 3 is 2.56 bits per heavy atom. The maximum absolute atomic E-state index is 13.3. The van der Waals surface area contributed by atoms with E-state index in [4.69, 9.17) is 4.74 Å². The lowest BCUT2D eigenvalue weighted by molar-refractivity contribution is -0.136. The van der Waals surface area contributed by atoms with Gasteiger partial charge in [0.15, 0.2) is 0 Å². The van der Waals surface area contributed by atoms with Crippen LogP contribution in [-0.2, 0) is 20.9 Å². The number of unbranched alkanes of at least 4 members (excludes halogenated alkanes) is 1. The molecule has 1 aromatic heterocycles. The molecule has 4 aliphatic heterocycles. The smallest absolute Gasteiger partial charge is 0.266 e. The number of nitrogens with one attached hydrogen (secondary N) is 3. The van der Waals surface area contributed by atoms with E-state index in [2.05, 4.69) is 44.0 Å². The van der Waals surface area contributed by atoms with E-state index in [-0.39, 0.29) is 73.3 Å². The zero-order valence-corrected chi connectivity index (χ0v) is 30.2. The van der Waals surface area contributed by atoms with Crippen LogP contribution in [0.3, 0.4) is 0 Å². The lowest BCUT2D eigenvalue weighted by Gasteiger charge is -2.39. The van der Waals surface area contributed by atoms with Crippen molar-refractivity contribution in [3.63, 3.8) is 0 Å². The Labute approximate surface area is 318 Å². The van der Waals surface area contributed by atoms with Gasteiger partial charge in [-0.15, -0.1) is 0 Å². The number of benzene rings is 3. The lowest BCUT2D eigenvalue weighted by atomic mass is 9.82. The van der Waals surface area contributed by atoms with E-state index in [9.17, 15) is 29.1 Å². The highest BCUT2D eigenvalue weighted by atomic mass is 16.5. The molecule has 1 unspecified atom stereocenters. The van der Waals surface area contributed by atoms with Gasteiger partial charge in [0.25, 0.3) is 11.8 Å². The Kier molecular flexibility index (Phi) is 10.1. The summed E-state index contributed by atoms with van der Waals surface area (Å²) in [6.07, 6.45) is 6.06. The van der Waals surface area contributed by atoms with Crippen molar-refractivity contribution in [2.75, 3.05) is 30.4 Å². The van der Waals surface area contributed by atoms with Crippen LogP contribution >= 0.6 is 0 Å². The molecule has 4 atom stereocenters. The third-order valence-corrected chi connectivity index (χ3v) is 11.1. The molecule has 8 rings (SSSR count). The molecule has 0 aliphatic carbocycles. The minimum absolute atomic E-state index is 0.0114. The molecule has 5 heterocycles. The van der Waals surface area contributed by atoms with Gasteiger partial charge in [-0.1, -0.05) is 24.3 Å². The summed E-state index contributed by atoms with van der Waals surface area (Å²) in [4.78, 5) is 71.0. The average molecular weight is 743 g/mol. The van der Waals surface area contributed by atoms with Crippen molar-refractivity contribution in [3.05, 3.63) is 107 Å². The highest BCUT2D eigenvalue weighted by Gasteiger charge is 2.46. The molecule has 282 valence electrons. The van der Waals surface area contributed by atoms with E-state index in [1.165, 1.54) is 17.2 Å². The van der Waals surface area contributed by atoms with Crippen LogP contribution in [0.2, 0.25) is 0 Å². The van der Waals surface area contributed by atoms with Crippen molar-refractivity contribution >= 4 is 40.9 Å². The number of imide groups is 2. The maximum atomic E-state index is 13.3. The second-order valence-electron chi connectivity index (χ2n) is 14.5. The van der Waals surface area contributed by atoms with Crippen LogP contribution in [-0.4, -0.2) is 81.3 Å². The van der Waals surface area contributed by atoms with Crippen LogP contribution in [0.4, 0.5) is 11.4 Å². The van der Waals surface area contributed by atoms with E-state index >= 15 is 0 Å². The van der Waals surface area contributed by atoms with Gasteiger partial charge in [-0.05, 0) is 103 Å². The fourth-order valence-electron chi connectivity index (χ4n) is 8.41. The van der Waals surface area contributed by atoms with Gasteiger partial charge in [0.2, 0.25) is 17.7 Å². The molecule has 5 amide bonds. The number of piperidine rings is 1. The lowest BCUT2D eigenvalue weighted by Crippen LogP contribution is -2.54. The van der Waals surface area contributed by atoms with Gasteiger partial charge in [0.05, 0.1) is 30.4 Å². The number of aromatic nitrogens is 1. The Morgan fingerprint density at radius 1 is 0.927 bits per heavy atom. The Bertz CT molecular complexity index is 2160. The minimum Gasteiger partial charge on any atom is -0.493 e. The number of pyridine rings is 1. The van der Waals surface area contributed by atoms with Gasteiger partial charge in [-0.2, -0.15) is 0 Å². The Morgan fingerprint density at radius 2 is 1.75 bits per heavy atom. The summed E-state index contributed by atoms with van der Waals surface area (Å²) in [6.45, 7) is 2.03. The average Bonchev–Trinajstić information content (AvgIpc) is 3.72. The zero-order valence-electron chi connectivity index (χ0n) is 30.2. The molecular weight excluding hydrogens is 700 g/mol. The van der Waals surface area contributed by atoms with E-state index in [0.29, 0.717) is 18.5 Å². The number of ether oxygens (including phenoxy) is 1. The van der Waals surface area contributed by atoms with Crippen molar-refractivity contribution in [2.24, 2.45) is 5.92 Å². The van der Waals surface area contributed by atoms with Gasteiger partial charge in [-0.3, -0.25) is 44.1 Å². The number of aliphatic hydroxyl groups excluding tert-OH is 1. The zero-order chi connectivity index (χ0) is 38.1. The number of likely N-dealkylation sites (tertiary alicyclic amines) is 1. The molecule has 55 heavy (non-hydrogen) atoms. The molecule has 4 aromatic rings. The van der Waals surface area contributed by atoms with Crippen LogP contribution in [0.1, 0.15) is 76.4 Å². The highest BCUT2D eigenvalue weighted by Crippen LogP contribution is 2.48. The number of carbonyl (C=O) groups is 5. The largest absolute Gasteiger partial charge is 0.493 e. The van der Waals surface area contributed by atoms with Crippen LogP contribution in [0.5, 0.6) is 5.75 Å². The SMILES string of the molecule is O=C1CCC(N2C(=O)c3cccc(OCCCCC(=O)Nc4cccc(-c5ccc6c(c5)[C@H]5[C@H](CCN5Cc5ccncc5)[C@@H](CO)N6)c4)c3C2=O)C(=O)N1. The normalized spacial score (nSPS) is 21.7. The molecule has 2 fully saturated rings. The molecule has 13 nitrogen and oxygen atoms in total. The predicted octanol–water partition coefficient (Wildman–Crippen LogP) is 4.69. The number of hydrogen-bond donors (Lipinski definition) is 4. The number of fused-ring (bicyclic) bond motifs is 4. The number of hydrogen-bond acceptors (Lipinski definition) is 10. The summed E-state index contributed by atoms with van der Waals surface area (Å²) in [5, 5.41) is 19.0. The molecule has 13 heteroatoms. The summed E-state index contributed by atoms with van der Waals surface area (Å²) in [5.74, 6) is -1.93. The van der Waals surface area contributed by atoms with Gasteiger partial charge in [-0.25, -0.2) is 0 Å². The van der Waals surface area contributed by atoms with Crippen molar-refractivity contribution < 1.29 is 33.8 Å². The third kappa shape index (κ3) is 7.20. The first-order chi connectivity index (χ1) is 26.8. The number of nitrogens with zero attached hydrogens (tertiary/aromatic N) is 3. The molecule has 0 bridgehead atoms. The van der Waals surface area contributed by atoms with Gasteiger partial charge in [0, 0.05) is 55.1 Å². The molecular formula is C42H42N6O7. The molecule has 0 saturated carbocycles. The number of anilines is 2. The second-order valence-corrected chi connectivity index (χ2v) is 14.5. The monoisotopic (exact) mass is 742 g/mol. The summed E-state index contributed by atoms with van der Waals surface area (Å²) in [7, 11) is 0. The molecule has 3 aromatic carbocycles. The van der Waals surface area contributed by atoms with Crippen LogP contribution in [0.25, 0.3) is 11.1 Å². The maximum Gasteiger partial charge on any atom is 0.266 e. The number of carbonyl (C=O) groups excluding carboxylic acids is 5. The van der Waals surface area contributed by atoms with Crippen molar-refractivity contribution in [2.45, 2.75) is 63.2 Å². The van der Waals surface area contributed by atoms with E-state index < -0.39 is 29.7 Å². The van der Waals surface area contributed by atoms with Crippen LogP contribution in [0, 0.1) is 5.92 Å². The number of rotatable bonds is 12. The quantitative estimate of drug-likeness (QED) is 0.118. The van der Waals surface area contributed by atoms with Gasteiger partial charge >= 0.3 is 0 Å². The molecule has 4 aliphatic rings. The minimum atomic E-state index is -1.05. The molecule has 2 saturated heterocycles. The van der Waals surface area contributed by atoms with Crippen molar-refractivity contribution in [1.29, 1.82) is 0 Å². The fraction of sp³-hybridized carbons (Fsp3) is 0.333. The van der Waals surface area contributed by atoms with Crippen LogP contribution in [0.15, 0.2) is 85.2 Å². The van der Waals surface area contributed by atoms with Crippen LogP contribution < -0.4 is 20.7 Å².